The average Bonchev–Trinajstić information content (AvgIpc) is 2.39. The minimum Gasteiger partial charge on any atom is -0.481 e. The van der Waals surface area contributed by atoms with E-state index in [1.54, 1.807) is 20.3 Å². The number of methoxy groups -OCH3 is 2. The van der Waals surface area contributed by atoms with Crippen molar-refractivity contribution in [2.24, 2.45) is 0 Å². The van der Waals surface area contributed by atoms with Crippen molar-refractivity contribution in [1.82, 2.24) is 9.97 Å². The van der Waals surface area contributed by atoms with Gasteiger partial charge in [-0.25, -0.2) is 0 Å². The van der Waals surface area contributed by atoms with Crippen LogP contribution >= 0.6 is 0 Å². The number of nitrogens with one attached hydrogen (secondary N) is 1. The predicted octanol–water partition coefficient (Wildman–Crippen LogP) is 1.08. The first-order chi connectivity index (χ1) is 8.31. The van der Waals surface area contributed by atoms with E-state index in [1.807, 2.05) is 0 Å². The first-order valence-electron chi connectivity index (χ1n) is 5.63. The molecule has 2 heterocycles. The normalized spacial score (nSPS) is 16.6. The predicted molar refractivity (Wildman–Crippen MR) is 62.6 cm³/mol. The fourth-order valence-corrected chi connectivity index (χ4v) is 1.70. The van der Waals surface area contributed by atoms with Gasteiger partial charge in [0.1, 0.15) is 0 Å². The van der Waals surface area contributed by atoms with Gasteiger partial charge in [-0.15, -0.1) is 0 Å². The topological polar surface area (TPSA) is 65.5 Å². The highest BCUT2D eigenvalue weighted by Gasteiger charge is 2.15. The van der Waals surface area contributed by atoms with Gasteiger partial charge in [0.2, 0.25) is 17.7 Å². The zero-order valence-electron chi connectivity index (χ0n) is 10.1. The lowest BCUT2D eigenvalue weighted by molar-refractivity contribution is 0.0903. The molecular formula is C11H17N3O3. The lowest BCUT2D eigenvalue weighted by Crippen LogP contribution is -2.28. The number of aromatic nitrogens is 2. The van der Waals surface area contributed by atoms with Crippen LogP contribution in [0.2, 0.25) is 0 Å². The first kappa shape index (κ1) is 11.9. The third-order valence-corrected chi connectivity index (χ3v) is 2.65. The van der Waals surface area contributed by atoms with Gasteiger partial charge >= 0.3 is 0 Å². The zero-order chi connectivity index (χ0) is 12.1. The fraction of sp³-hybridized carbons (Fsp3) is 0.636. The molecule has 1 aromatic heterocycles. The molecule has 94 valence electrons. The number of rotatable bonds is 4. The molecule has 1 saturated heterocycles. The maximum atomic E-state index is 5.30. The van der Waals surface area contributed by atoms with E-state index in [-0.39, 0.29) is 0 Å². The largest absolute Gasteiger partial charge is 0.481 e. The molecule has 0 atom stereocenters. The molecule has 0 unspecified atom stereocenters. The molecule has 1 aromatic rings. The van der Waals surface area contributed by atoms with Crippen LogP contribution in [0.25, 0.3) is 0 Å². The second-order valence-corrected chi connectivity index (χ2v) is 3.81. The Labute approximate surface area is 100 Å². The Balaban J connectivity index is 2.07. The quantitative estimate of drug-likeness (QED) is 0.848. The monoisotopic (exact) mass is 239 g/mol. The summed E-state index contributed by atoms with van der Waals surface area (Å²) in [6.45, 7) is 1.55. The van der Waals surface area contributed by atoms with E-state index in [2.05, 4.69) is 15.3 Å². The molecule has 0 aliphatic carbocycles. The van der Waals surface area contributed by atoms with Gasteiger partial charge in [-0.1, -0.05) is 0 Å². The minimum atomic E-state index is 0.348. The molecule has 17 heavy (non-hydrogen) atoms. The number of nitrogens with zero attached hydrogens (tertiary/aromatic N) is 2. The van der Waals surface area contributed by atoms with Crippen LogP contribution in [0.4, 0.5) is 5.95 Å². The van der Waals surface area contributed by atoms with E-state index in [1.165, 1.54) is 0 Å². The van der Waals surface area contributed by atoms with Crippen LogP contribution in [0.1, 0.15) is 12.8 Å². The van der Waals surface area contributed by atoms with Crippen LogP contribution in [0.15, 0.2) is 6.07 Å². The van der Waals surface area contributed by atoms with Crippen LogP contribution in [-0.2, 0) is 4.74 Å². The highest BCUT2D eigenvalue weighted by molar-refractivity contribution is 5.34. The van der Waals surface area contributed by atoms with E-state index in [9.17, 15) is 0 Å². The molecule has 1 fully saturated rings. The lowest BCUT2D eigenvalue weighted by Gasteiger charge is -2.23. The minimum absolute atomic E-state index is 0.348. The van der Waals surface area contributed by atoms with Crippen molar-refractivity contribution < 1.29 is 14.2 Å². The van der Waals surface area contributed by atoms with Crippen molar-refractivity contribution in [1.29, 1.82) is 0 Å². The summed E-state index contributed by atoms with van der Waals surface area (Å²) in [5.41, 5.74) is 0. The Bertz CT molecular complexity index is 345. The Morgan fingerprint density at radius 3 is 2.29 bits per heavy atom. The Morgan fingerprint density at radius 1 is 1.18 bits per heavy atom. The molecular weight excluding hydrogens is 222 g/mol. The number of hydrogen-bond donors (Lipinski definition) is 1. The van der Waals surface area contributed by atoms with Crippen molar-refractivity contribution in [3.05, 3.63) is 6.07 Å². The summed E-state index contributed by atoms with van der Waals surface area (Å²) >= 11 is 0. The Kier molecular flexibility index (Phi) is 3.98. The molecule has 0 spiro atoms. The number of ether oxygens (including phenoxy) is 3. The van der Waals surface area contributed by atoms with E-state index in [4.69, 9.17) is 14.2 Å². The molecule has 0 aromatic carbocycles. The van der Waals surface area contributed by atoms with Crippen LogP contribution in [-0.4, -0.2) is 43.4 Å². The third kappa shape index (κ3) is 3.20. The second-order valence-electron chi connectivity index (χ2n) is 3.81. The van der Waals surface area contributed by atoms with E-state index < -0.39 is 0 Å². The van der Waals surface area contributed by atoms with Gasteiger partial charge in [0.25, 0.3) is 0 Å². The third-order valence-electron chi connectivity index (χ3n) is 2.65. The molecule has 0 amide bonds. The Hall–Kier alpha value is -1.56. The SMILES string of the molecule is COc1cc(OC)nc(NC2CCOCC2)n1. The summed E-state index contributed by atoms with van der Waals surface area (Å²) in [4.78, 5) is 8.46. The number of anilines is 1. The van der Waals surface area contributed by atoms with Crippen molar-refractivity contribution in [3.63, 3.8) is 0 Å². The lowest BCUT2D eigenvalue weighted by atomic mass is 10.1. The molecule has 6 nitrogen and oxygen atoms in total. The average molecular weight is 239 g/mol. The Morgan fingerprint density at radius 2 is 1.76 bits per heavy atom. The van der Waals surface area contributed by atoms with Crippen LogP contribution in [0.3, 0.4) is 0 Å². The summed E-state index contributed by atoms with van der Waals surface area (Å²) in [5.74, 6) is 1.52. The van der Waals surface area contributed by atoms with Gasteiger partial charge in [0, 0.05) is 19.3 Å². The summed E-state index contributed by atoms with van der Waals surface area (Å²) in [6, 6.07) is 2.00. The molecule has 1 aliphatic rings. The van der Waals surface area contributed by atoms with Gasteiger partial charge in [0.15, 0.2) is 0 Å². The maximum absolute atomic E-state index is 5.30. The molecule has 2 rings (SSSR count). The van der Waals surface area contributed by atoms with Crippen molar-refractivity contribution in [2.45, 2.75) is 18.9 Å². The highest BCUT2D eigenvalue weighted by atomic mass is 16.5. The number of hydrogen-bond acceptors (Lipinski definition) is 6. The van der Waals surface area contributed by atoms with Crippen molar-refractivity contribution in [3.8, 4) is 11.8 Å². The molecule has 0 radical (unpaired) electrons. The van der Waals surface area contributed by atoms with Gasteiger partial charge in [-0.2, -0.15) is 9.97 Å². The van der Waals surface area contributed by atoms with Crippen LogP contribution in [0.5, 0.6) is 11.8 Å². The fourth-order valence-electron chi connectivity index (χ4n) is 1.70. The van der Waals surface area contributed by atoms with E-state index in [0.717, 1.165) is 26.1 Å². The molecule has 6 heteroatoms. The maximum Gasteiger partial charge on any atom is 0.229 e. The van der Waals surface area contributed by atoms with Gasteiger partial charge in [0.05, 0.1) is 20.3 Å². The molecule has 1 N–H and O–H groups in total. The molecule has 0 bridgehead atoms. The summed E-state index contributed by atoms with van der Waals surface area (Å²) in [5, 5.41) is 3.27. The zero-order valence-corrected chi connectivity index (χ0v) is 10.1. The standard InChI is InChI=1S/C11H17N3O3/c1-15-9-7-10(16-2)14-11(13-9)12-8-3-5-17-6-4-8/h7-8H,3-6H2,1-2H3,(H,12,13,14). The summed E-state index contributed by atoms with van der Waals surface area (Å²) in [7, 11) is 3.14. The molecule has 0 saturated carbocycles. The first-order valence-corrected chi connectivity index (χ1v) is 5.63. The van der Waals surface area contributed by atoms with Gasteiger partial charge in [-0.05, 0) is 12.8 Å². The van der Waals surface area contributed by atoms with Crippen molar-refractivity contribution in [2.75, 3.05) is 32.8 Å². The van der Waals surface area contributed by atoms with Crippen LogP contribution in [0, 0.1) is 0 Å². The van der Waals surface area contributed by atoms with Crippen LogP contribution < -0.4 is 14.8 Å². The van der Waals surface area contributed by atoms with Gasteiger partial charge in [-0.3, -0.25) is 0 Å². The van der Waals surface area contributed by atoms with E-state index >= 15 is 0 Å². The second kappa shape index (κ2) is 5.67. The highest BCUT2D eigenvalue weighted by Crippen LogP contribution is 2.19. The summed E-state index contributed by atoms with van der Waals surface area (Å²) < 4.78 is 15.5. The smallest absolute Gasteiger partial charge is 0.229 e. The van der Waals surface area contributed by atoms with E-state index in [0.29, 0.717) is 23.8 Å². The molecule has 1 aliphatic heterocycles. The van der Waals surface area contributed by atoms with Gasteiger partial charge < -0.3 is 19.5 Å². The van der Waals surface area contributed by atoms with Crippen molar-refractivity contribution >= 4 is 5.95 Å². The summed E-state index contributed by atoms with van der Waals surface area (Å²) in [6.07, 6.45) is 1.92.